The molecule has 7 nitrogen and oxygen atoms in total. The lowest BCUT2D eigenvalue weighted by Gasteiger charge is -2.25. The average Bonchev–Trinajstić information content (AvgIpc) is 3.03. The van der Waals surface area contributed by atoms with Crippen molar-refractivity contribution in [1.82, 2.24) is 20.0 Å². The monoisotopic (exact) mass is 406 g/mol. The number of rotatable bonds is 5. The second-order valence-corrected chi connectivity index (χ2v) is 7.92. The minimum absolute atomic E-state index is 0.0351. The molecule has 1 aromatic heterocycles. The highest BCUT2D eigenvalue weighted by Crippen LogP contribution is 2.26. The van der Waals surface area contributed by atoms with Gasteiger partial charge < -0.3 is 14.1 Å². The van der Waals surface area contributed by atoms with Crippen LogP contribution in [0.3, 0.4) is 0 Å². The van der Waals surface area contributed by atoms with Crippen molar-refractivity contribution in [2.75, 3.05) is 32.8 Å². The molecule has 1 atom stereocenters. The number of carbonyl (C=O) groups is 1. The zero-order valence-corrected chi connectivity index (χ0v) is 17.4. The molecule has 0 aliphatic carbocycles. The summed E-state index contributed by atoms with van der Waals surface area (Å²) in [5, 5.41) is 9.02. The molecule has 1 aromatic carbocycles. The fourth-order valence-electron chi connectivity index (χ4n) is 3.13. The number of benzene rings is 1. The van der Waals surface area contributed by atoms with Gasteiger partial charge in [-0.3, -0.25) is 4.90 Å². The Bertz CT molecular complexity index is 795. The Kier molecular flexibility index (Phi) is 6.91. The SMILES string of the molecule is CC(C)COC(=O)N1CCCN(C(C)c2nnc(-c3cccc(Cl)c3)o2)CC1. The zero-order chi connectivity index (χ0) is 20.1. The lowest BCUT2D eigenvalue weighted by Crippen LogP contribution is -2.36. The van der Waals surface area contributed by atoms with Gasteiger partial charge in [0.15, 0.2) is 0 Å². The molecule has 1 fully saturated rings. The first-order valence-electron chi connectivity index (χ1n) is 9.69. The van der Waals surface area contributed by atoms with Crippen LogP contribution >= 0.6 is 11.6 Å². The van der Waals surface area contributed by atoms with E-state index >= 15 is 0 Å². The average molecular weight is 407 g/mol. The van der Waals surface area contributed by atoms with Gasteiger partial charge >= 0.3 is 6.09 Å². The Morgan fingerprint density at radius 1 is 1.21 bits per heavy atom. The van der Waals surface area contributed by atoms with Crippen LogP contribution in [0.5, 0.6) is 0 Å². The maximum absolute atomic E-state index is 12.2. The molecule has 0 saturated carbocycles. The highest BCUT2D eigenvalue weighted by Gasteiger charge is 2.26. The van der Waals surface area contributed by atoms with Gasteiger partial charge in [-0.2, -0.15) is 0 Å². The summed E-state index contributed by atoms with van der Waals surface area (Å²) in [6, 6.07) is 7.32. The number of halogens is 1. The quantitative estimate of drug-likeness (QED) is 0.739. The normalized spacial score (nSPS) is 16.8. The molecule has 2 aromatic rings. The number of amides is 1. The fraction of sp³-hybridized carbons (Fsp3) is 0.550. The third-order valence-electron chi connectivity index (χ3n) is 4.75. The molecule has 0 radical (unpaired) electrons. The van der Waals surface area contributed by atoms with Crippen molar-refractivity contribution in [1.29, 1.82) is 0 Å². The Morgan fingerprint density at radius 2 is 2.04 bits per heavy atom. The zero-order valence-electron chi connectivity index (χ0n) is 16.6. The first kappa shape index (κ1) is 20.6. The smallest absolute Gasteiger partial charge is 0.409 e. The van der Waals surface area contributed by atoms with Crippen LogP contribution in [-0.2, 0) is 4.74 Å². The summed E-state index contributed by atoms with van der Waals surface area (Å²) in [6.45, 7) is 9.44. The maximum Gasteiger partial charge on any atom is 0.409 e. The predicted molar refractivity (Wildman–Crippen MR) is 107 cm³/mol. The fourth-order valence-corrected chi connectivity index (χ4v) is 3.32. The van der Waals surface area contributed by atoms with Crippen molar-refractivity contribution >= 4 is 17.7 Å². The summed E-state index contributed by atoms with van der Waals surface area (Å²) in [5.41, 5.74) is 0.799. The standard InChI is InChI=1S/C20H27ClN4O3/c1-14(2)13-27-20(26)25-9-5-8-24(10-11-25)15(3)18-22-23-19(28-18)16-6-4-7-17(21)12-16/h4,6-7,12,14-15H,5,8-11,13H2,1-3H3. The van der Waals surface area contributed by atoms with E-state index < -0.39 is 0 Å². The van der Waals surface area contributed by atoms with Crippen LogP contribution in [0.4, 0.5) is 4.79 Å². The van der Waals surface area contributed by atoms with Crippen LogP contribution in [0.25, 0.3) is 11.5 Å². The van der Waals surface area contributed by atoms with Gasteiger partial charge in [-0.05, 0) is 37.5 Å². The number of aromatic nitrogens is 2. The molecule has 0 spiro atoms. The summed E-state index contributed by atoms with van der Waals surface area (Å²) in [6.07, 6.45) is 0.639. The molecule has 1 amide bonds. The molecule has 28 heavy (non-hydrogen) atoms. The molecule has 2 heterocycles. The predicted octanol–water partition coefficient (Wildman–Crippen LogP) is 4.25. The van der Waals surface area contributed by atoms with Gasteiger partial charge in [0.2, 0.25) is 11.8 Å². The first-order valence-corrected chi connectivity index (χ1v) is 10.1. The van der Waals surface area contributed by atoms with Crippen molar-refractivity contribution in [3.63, 3.8) is 0 Å². The van der Waals surface area contributed by atoms with Crippen molar-refractivity contribution < 1.29 is 13.9 Å². The van der Waals surface area contributed by atoms with E-state index in [-0.39, 0.29) is 12.1 Å². The Labute approximate surface area is 170 Å². The van der Waals surface area contributed by atoms with Gasteiger partial charge in [-0.15, -0.1) is 10.2 Å². The molecule has 1 unspecified atom stereocenters. The van der Waals surface area contributed by atoms with Crippen LogP contribution in [0.15, 0.2) is 28.7 Å². The summed E-state index contributed by atoms with van der Waals surface area (Å²) < 4.78 is 11.2. The van der Waals surface area contributed by atoms with Gasteiger partial charge in [-0.1, -0.05) is 31.5 Å². The minimum Gasteiger partial charge on any atom is -0.449 e. The number of carbonyl (C=O) groups excluding carboxylic acids is 1. The highest BCUT2D eigenvalue weighted by molar-refractivity contribution is 6.30. The van der Waals surface area contributed by atoms with E-state index in [0.29, 0.717) is 42.4 Å². The molecule has 1 aliphatic rings. The lowest BCUT2D eigenvalue weighted by atomic mass is 10.2. The van der Waals surface area contributed by atoms with Crippen molar-refractivity contribution in [2.24, 2.45) is 5.92 Å². The maximum atomic E-state index is 12.2. The Hall–Kier alpha value is -2.12. The van der Waals surface area contributed by atoms with Gasteiger partial charge in [-0.25, -0.2) is 4.79 Å². The van der Waals surface area contributed by atoms with Gasteiger partial charge in [0, 0.05) is 36.8 Å². The molecular formula is C20H27ClN4O3. The lowest BCUT2D eigenvalue weighted by molar-refractivity contribution is 0.0921. The van der Waals surface area contributed by atoms with Crippen molar-refractivity contribution in [3.8, 4) is 11.5 Å². The number of hydrogen-bond donors (Lipinski definition) is 0. The van der Waals surface area contributed by atoms with E-state index in [4.69, 9.17) is 20.8 Å². The summed E-state index contributed by atoms with van der Waals surface area (Å²) >= 11 is 6.04. The molecule has 0 N–H and O–H groups in total. The molecule has 3 rings (SSSR count). The molecule has 1 aliphatic heterocycles. The molecule has 0 bridgehead atoms. The van der Waals surface area contributed by atoms with Gasteiger partial charge in [0.1, 0.15) is 0 Å². The van der Waals surface area contributed by atoms with Crippen LogP contribution < -0.4 is 0 Å². The summed E-state index contributed by atoms with van der Waals surface area (Å²) in [4.78, 5) is 16.3. The number of ether oxygens (including phenoxy) is 1. The largest absolute Gasteiger partial charge is 0.449 e. The van der Waals surface area contributed by atoms with Crippen LogP contribution in [-0.4, -0.2) is 58.9 Å². The van der Waals surface area contributed by atoms with Crippen LogP contribution in [0.2, 0.25) is 5.02 Å². The second-order valence-electron chi connectivity index (χ2n) is 7.48. The van der Waals surface area contributed by atoms with Crippen LogP contribution in [0.1, 0.15) is 39.1 Å². The topological polar surface area (TPSA) is 71.7 Å². The van der Waals surface area contributed by atoms with Crippen molar-refractivity contribution in [2.45, 2.75) is 33.2 Å². The van der Waals surface area contributed by atoms with E-state index in [1.165, 1.54) is 0 Å². The second kappa shape index (κ2) is 9.39. The van der Waals surface area contributed by atoms with E-state index in [2.05, 4.69) is 15.1 Å². The van der Waals surface area contributed by atoms with E-state index in [9.17, 15) is 4.79 Å². The Morgan fingerprint density at radius 3 is 2.79 bits per heavy atom. The minimum atomic E-state index is -0.232. The van der Waals surface area contributed by atoms with E-state index in [1.807, 2.05) is 32.9 Å². The number of hydrogen-bond acceptors (Lipinski definition) is 6. The molecular weight excluding hydrogens is 380 g/mol. The van der Waals surface area contributed by atoms with E-state index in [0.717, 1.165) is 25.1 Å². The summed E-state index contributed by atoms with van der Waals surface area (Å²) in [7, 11) is 0. The van der Waals surface area contributed by atoms with Gasteiger partial charge in [0.25, 0.3) is 0 Å². The van der Waals surface area contributed by atoms with Gasteiger partial charge in [0.05, 0.1) is 12.6 Å². The van der Waals surface area contributed by atoms with E-state index in [1.54, 1.807) is 17.0 Å². The molecule has 1 saturated heterocycles. The highest BCUT2D eigenvalue weighted by atomic mass is 35.5. The van der Waals surface area contributed by atoms with Crippen LogP contribution in [0, 0.1) is 5.92 Å². The molecule has 152 valence electrons. The van der Waals surface area contributed by atoms with Crippen molar-refractivity contribution in [3.05, 3.63) is 35.2 Å². The Balaban J connectivity index is 1.61. The number of nitrogens with zero attached hydrogens (tertiary/aromatic N) is 4. The third-order valence-corrected chi connectivity index (χ3v) is 4.98. The first-order chi connectivity index (χ1) is 13.4. The summed E-state index contributed by atoms with van der Waals surface area (Å²) in [5.74, 6) is 1.35. The molecule has 8 heteroatoms. The third kappa shape index (κ3) is 5.23.